The number of fused-ring (bicyclic) bond motifs is 1. The van der Waals surface area contributed by atoms with Crippen molar-refractivity contribution in [1.29, 1.82) is 0 Å². The fraction of sp³-hybridized carbons (Fsp3) is 0.467. The molecule has 8 nitrogen and oxygen atoms in total. The second-order valence-corrected chi connectivity index (χ2v) is 11.2. The summed E-state index contributed by atoms with van der Waals surface area (Å²) in [7, 11) is 1.66. The summed E-state index contributed by atoms with van der Waals surface area (Å²) in [5.41, 5.74) is 2.39. The van der Waals surface area contributed by atoms with Gasteiger partial charge in [-0.05, 0) is 68.9 Å². The van der Waals surface area contributed by atoms with Gasteiger partial charge >= 0.3 is 6.18 Å². The zero-order valence-corrected chi connectivity index (χ0v) is 23.3. The fourth-order valence-electron chi connectivity index (χ4n) is 6.15. The van der Waals surface area contributed by atoms with Gasteiger partial charge in [-0.1, -0.05) is 12.1 Å². The summed E-state index contributed by atoms with van der Waals surface area (Å²) in [6.07, 6.45) is 1.65. The molecule has 11 heteroatoms. The molecule has 1 amide bonds. The quantitative estimate of drug-likeness (QED) is 0.435. The number of rotatable bonds is 6. The van der Waals surface area contributed by atoms with E-state index in [0.29, 0.717) is 43.7 Å². The normalized spacial score (nSPS) is 19.9. The summed E-state index contributed by atoms with van der Waals surface area (Å²) in [5, 5.41) is 6.26. The highest BCUT2D eigenvalue weighted by Gasteiger charge is 2.50. The van der Waals surface area contributed by atoms with Crippen molar-refractivity contribution in [3.05, 3.63) is 65.0 Å². The predicted octanol–water partition coefficient (Wildman–Crippen LogP) is 5.01. The number of carbonyl (C=O) groups excluding carboxylic acids is 1. The molecule has 2 N–H and O–H groups in total. The Morgan fingerprint density at radius 2 is 1.80 bits per heavy atom. The molecule has 1 saturated heterocycles. The number of carbonyl (C=O) groups is 1. The summed E-state index contributed by atoms with van der Waals surface area (Å²) in [4.78, 5) is 30.4. The molecule has 6 rings (SSSR count). The third-order valence-electron chi connectivity index (χ3n) is 8.64. The van der Waals surface area contributed by atoms with E-state index in [9.17, 15) is 18.0 Å². The standard InChI is InChI=1S/C30H34F3N7O/c1-19-5-4-16-40(19)28-37-24-12-18-39(26-23(30(31,32)33)6-3-15-35-26)17-11-22(24)25(38-28)36-21-9-7-20(8-10-21)29(13-14-29)27(41)34-2/h3,6-10,15,19H,4-5,11-14,16-18H2,1-2H3,(H,34,41)(H,36,37,38). The van der Waals surface area contributed by atoms with Crippen molar-refractivity contribution < 1.29 is 18.0 Å². The minimum Gasteiger partial charge on any atom is -0.358 e. The van der Waals surface area contributed by atoms with Gasteiger partial charge in [-0.2, -0.15) is 18.2 Å². The van der Waals surface area contributed by atoms with Crippen molar-refractivity contribution in [2.24, 2.45) is 0 Å². The fourth-order valence-corrected chi connectivity index (χ4v) is 6.15. The van der Waals surface area contributed by atoms with Crippen LogP contribution < -0.4 is 20.4 Å². The Morgan fingerprint density at radius 3 is 2.46 bits per heavy atom. The lowest BCUT2D eigenvalue weighted by Crippen LogP contribution is -2.31. The average Bonchev–Trinajstić information content (AvgIpc) is 3.71. The van der Waals surface area contributed by atoms with E-state index in [4.69, 9.17) is 9.97 Å². The molecule has 0 bridgehead atoms. The van der Waals surface area contributed by atoms with Gasteiger partial charge in [-0.25, -0.2) is 9.97 Å². The van der Waals surface area contributed by atoms with E-state index >= 15 is 0 Å². The van der Waals surface area contributed by atoms with Gasteiger partial charge in [-0.15, -0.1) is 0 Å². The Bertz CT molecular complexity index is 1440. The largest absolute Gasteiger partial charge is 0.419 e. The van der Waals surface area contributed by atoms with Gasteiger partial charge in [0, 0.05) is 56.6 Å². The van der Waals surface area contributed by atoms with Crippen molar-refractivity contribution in [3.63, 3.8) is 0 Å². The van der Waals surface area contributed by atoms with Gasteiger partial charge in [-0.3, -0.25) is 4.79 Å². The first kappa shape index (κ1) is 27.3. The molecule has 1 unspecified atom stereocenters. The minimum atomic E-state index is -4.49. The Labute approximate surface area is 237 Å². The first-order valence-corrected chi connectivity index (χ1v) is 14.2. The molecular formula is C30H34F3N7O. The summed E-state index contributed by atoms with van der Waals surface area (Å²) in [6, 6.07) is 10.6. The van der Waals surface area contributed by atoms with Crippen LogP contribution in [0.4, 0.5) is 36.4 Å². The number of likely N-dealkylation sites (N-methyl/N-ethyl adjacent to an activating group) is 1. The number of benzene rings is 1. The van der Waals surface area contributed by atoms with Crippen LogP contribution in [-0.2, 0) is 29.2 Å². The topological polar surface area (TPSA) is 86.3 Å². The molecule has 0 spiro atoms. The van der Waals surface area contributed by atoms with Crippen LogP contribution in [0.1, 0.15) is 55.0 Å². The summed E-state index contributed by atoms with van der Waals surface area (Å²) in [5.74, 6) is 1.30. The van der Waals surface area contributed by atoms with Crippen LogP contribution in [0.25, 0.3) is 0 Å². The molecule has 2 aliphatic heterocycles. The van der Waals surface area contributed by atoms with Crippen LogP contribution in [0.3, 0.4) is 0 Å². The smallest absolute Gasteiger partial charge is 0.358 e. The van der Waals surface area contributed by atoms with Crippen LogP contribution in [0.15, 0.2) is 42.6 Å². The van der Waals surface area contributed by atoms with Gasteiger partial charge in [0.25, 0.3) is 0 Å². The molecule has 1 aromatic carbocycles. The zero-order valence-electron chi connectivity index (χ0n) is 23.3. The summed E-state index contributed by atoms with van der Waals surface area (Å²) < 4.78 is 41.3. The number of aromatic nitrogens is 3. The highest BCUT2D eigenvalue weighted by atomic mass is 19.4. The molecule has 41 heavy (non-hydrogen) atoms. The number of nitrogens with zero attached hydrogens (tertiary/aromatic N) is 5. The number of amides is 1. The Kier molecular flexibility index (Phi) is 6.99. The van der Waals surface area contributed by atoms with Crippen molar-refractivity contribution in [3.8, 4) is 0 Å². The second kappa shape index (κ2) is 10.5. The van der Waals surface area contributed by atoms with Crippen LogP contribution >= 0.6 is 0 Å². The number of nitrogens with one attached hydrogen (secondary N) is 2. The van der Waals surface area contributed by atoms with Crippen LogP contribution in [0.2, 0.25) is 0 Å². The molecule has 2 fully saturated rings. The maximum atomic E-state index is 13.8. The first-order chi connectivity index (χ1) is 19.7. The average molecular weight is 566 g/mol. The van der Waals surface area contributed by atoms with Crippen LogP contribution in [-0.4, -0.2) is 53.6 Å². The highest BCUT2D eigenvalue weighted by Crippen LogP contribution is 2.48. The molecule has 3 aromatic rings. The van der Waals surface area contributed by atoms with Crippen molar-refractivity contribution >= 4 is 29.2 Å². The maximum absolute atomic E-state index is 13.8. The molecular weight excluding hydrogens is 531 g/mol. The lowest BCUT2D eigenvalue weighted by atomic mass is 9.95. The lowest BCUT2D eigenvalue weighted by Gasteiger charge is -2.24. The van der Waals surface area contributed by atoms with Crippen molar-refractivity contribution in [2.45, 2.75) is 63.1 Å². The third kappa shape index (κ3) is 5.17. The van der Waals surface area contributed by atoms with Gasteiger partial charge in [0.2, 0.25) is 11.9 Å². The van der Waals surface area contributed by atoms with Gasteiger partial charge in [0.1, 0.15) is 11.6 Å². The molecule has 216 valence electrons. The van der Waals surface area contributed by atoms with E-state index in [1.54, 1.807) is 11.9 Å². The second-order valence-electron chi connectivity index (χ2n) is 11.2. The van der Waals surface area contributed by atoms with E-state index in [1.807, 2.05) is 24.3 Å². The number of hydrogen-bond donors (Lipinski definition) is 2. The van der Waals surface area contributed by atoms with Gasteiger partial charge in [0.15, 0.2) is 0 Å². The first-order valence-electron chi connectivity index (χ1n) is 14.2. The SMILES string of the molecule is CNC(=O)C1(c2ccc(Nc3nc(N4CCCC4C)nc4c3CCN(c3ncccc3C(F)(F)F)CC4)cc2)CC1. The molecule has 3 aliphatic rings. The maximum Gasteiger partial charge on any atom is 0.419 e. The number of hydrogen-bond acceptors (Lipinski definition) is 7. The number of pyridine rings is 1. The third-order valence-corrected chi connectivity index (χ3v) is 8.64. The van der Waals surface area contributed by atoms with Gasteiger partial charge in [0.05, 0.1) is 16.7 Å². The van der Waals surface area contributed by atoms with E-state index in [1.165, 1.54) is 12.3 Å². The zero-order chi connectivity index (χ0) is 28.8. The highest BCUT2D eigenvalue weighted by molar-refractivity contribution is 5.91. The monoisotopic (exact) mass is 565 g/mol. The van der Waals surface area contributed by atoms with Gasteiger partial charge < -0.3 is 20.4 Å². The van der Waals surface area contributed by atoms with E-state index in [0.717, 1.165) is 60.8 Å². The lowest BCUT2D eigenvalue weighted by molar-refractivity contribution is -0.137. The molecule has 1 aliphatic carbocycles. The Hall–Kier alpha value is -3.89. The molecule has 0 radical (unpaired) electrons. The van der Waals surface area contributed by atoms with E-state index in [-0.39, 0.29) is 11.7 Å². The number of alkyl halides is 3. The summed E-state index contributed by atoms with van der Waals surface area (Å²) >= 11 is 0. The minimum absolute atomic E-state index is 0.0369. The summed E-state index contributed by atoms with van der Waals surface area (Å²) in [6.45, 7) is 3.76. The molecule has 1 saturated carbocycles. The Balaban J connectivity index is 1.32. The molecule has 4 heterocycles. The van der Waals surface area contributed by atoms with Crippen molar-refractivity contribution in [2.75, 3.05) is 41.8 Å². The van der Waals surface area contributed by atoms with Crippen LogP contribution in [0.5, 0.6) is 0 Å². The molecule has 1 atom stereocenters. The molecule has 2 aromatic heterocycles. The number of anilines is 4. The Morgan fingerprint density at radius 1 is 1.05 bits per heavy atom. The van der Waals surface area contributed by atoms with E-state index < -0.39 is 17.2 Å². The predicted molar refractivity (Wildman–Crippen MR) is 152 cm³/mol. The van der Waals surface area contributed by atoms with Crippen molar-refractivity contribution in [1.82, 2.24) is 20.3 Å². The van der Waals surface area contributed by atoms with E-state index in [2.05, 4.69) is 27.4 Å². The van der Waals surface area contributed by atoms with Crippen LogP contribution in [0, 0.1) is 0 Å². The number of halogens is 3.